The van der Waals surface area contributed by atoms with Gasteiger partial charge in [-0.05, 0) is 31.1 Å². The van der Waals surface area contributed by atoms with E-state index >= 15 is 0 Å². The number of aliphatic hydroxyl groups excluding tert-OH is 1. The lowest BCUT2D eigenvalue weighted by Gasteiger charge is -2.34. The number of hydrogen-bond acceptors (Lipinski definition) is 5. The van der Waals surface area contributed by atoms with Crippen LogP contribution >= 0.6 is 0 Å². The molecule has 0 fully saturated rings. The van der Waals surface area contributed by atoms with Gasteiger partial charge in [0.05, 0.1) is 12.2 Å². The van der Waals surface area contributed by atoms with Crippen molar-refractivity contribution in [2.75, 3.05) is 6.61 Å². The zero-order valence-corrected chi connectivity index (χ0v) is 12.3. The second-order valence-corrected chi connectivity index (χ2v) is 6.22. The molecule has 1 aliphatic heterocycles. The lowest BCUT2D eigenvalue weighted by atomic mass is 9.70. The molecule has 5 nitrogen and oxygen atoms in total. The molecule has 0 aromatic carbocycles. The van der Waals surface area contributed by atoms with E-state index in [0.29, 0.717) is 24.0 Å². The van der Waals surface area contributed by atoms with Gasteiger partial charge < -0.3 is 14.6 Å². The molecule has 1 aliphatic carbocycles. The molecule has 0 radical (unpaired) electrons. The summed E-state index contributed by atoms with van der Waals surface area (Å²) < 4.78 is 10.1. The van der Waals surface area contributed by atoms with Crippen molar-refractivity contribution < 1.29 is 24.2 Å². The Hall–Kier alpha value is -1.78. The van der Waals surface area contributed by atoms with Gasteiger partial charge in [-0.15, -0.1) is 0 Å². The first-order valence-corrected chi connectivity index (χ1v) is 6.80. The van der Waals surface area contributed by atoms with Crippen LogP contribution in [0.1, 0.15) is 40.5 Å². The lowest BCUT2D eigenvalue weighted by molar-refractivity contribution is -0.139. The molecule has 0 aromatic heterocycles. The van der Waals surface area contributed by atoms with Crippen molar-refractivity contribution in [3.63, 3.8) is 0 Å². The zero-order valence-electron chi connectivity index (χ0n) is 12.3. The maximum absolute atomic E-state index is 12.1. The number of aliphatic hydroxyl groups is 1. The van der Waals surface area contributed by atoms with Gasteiger partial charge in [-0.2, -0.15) is 0 Å². The maximum Gasteiger partial charge on any atom is 0.379 e. The van der Waals surface area contributed by atoms with Crippen molar-refractivity contribution in [3.8, 4) is 0 Å². The fraction of sp³-hybridized carbons (Fsp3) is 0.600. The summed E-state index contributed by atoms with van der Waals surface area (Å²) in [6, 6.07) is 0. The molecule has 0 amide bonds. The molecule has 1 atom stereocenters. The third-order valence-corrected chi connectivity index (χ3v) is 3.87. The van der Waals surface area contributed by atoms with Gasteiger partial charge >= 0.3 is 11.9 Å². The molecule has 1 N–H and O–H groups in total. The molecule has 2 rings (SSSR count). The number of allylic oxidation sites excluding steroid dienone is 1. The van der Waals surface area contributed by atoms with E-state index < -0.39 is 11.9 Å². The van der Waals surface area contributed by atoms with Crippen molar-refractivity contribution in [1.82, 2.24) is 0 Å². The summed E-state index contributed by atoms with van der Waals surface area (Å²) in [6.45, 7) is 8.19. The molecule has 0 saturated carbocycles. The van der Waals surface area contributed by atoms with E-state index in [1.807, 2.05) is 0 Å². The van der Waals surface area contributed by atoms with Crippen LogP contribution in [0.3, 0.4) is 0 Å². The summed E-state index contributed by atoms with van der Waals surface area (Å²) in [6.07, 6.45) is 1.01. The summed E-state index contributed by atoms with van der Waals surface area (Å²) in [5.41, 5.74) is 0.733. The Morgan fingerprint density at radius 3 is 2.60 bits per heavy atom. The molecular formula is C15H20O5. The molecule has 1 heterocycles. The molecular weight excluding hydrogens is 260 g/mol. The summed E-state index contributed by atoms with van der Waals surface area (Å²) >= 11 is 0. The zero-order chi connectivity index (χ0) is 15.1. The fourth-order valence-electron chi connectivity index (χ4n) is 2.53. The smallest absolute Gasteiger partial charge is 0.379 e. The Labute approximate surface area is 118 Å². The number of rotatable bonds is 2. The third kappa shape index (κ3) is 2.44. The first kappa shape index (κ1) is 14.6. The molecule has 2 aliphatic rings. The summed E-state index contributed by atoms with van der Waals surface area (Å²) in [5, 5.41) is 9.82. The minimum atomic E-state index is -0.786. The van der Waals surface area contributed by atoms with E-state index in [4.69, 9.17) is 9.47 Å². The van der Waals surface area contributed by atoms with E-state index in [1.54, 1.807) is 6.92 Å². The van der Waals surface area contributed by atoms with Crippen molar-refractivity contribution in [2.24, 2.45) is 11.3 Å². The maximum atomic E-state index is 12.1. The van der Waals surface area contributed by atoms with Gasteiger partial charge in [0.25, 0.3) is 0 Å². The quantitative estimate of drug-likeness (QED) is 0.787. The van der Waals surface area contributed by atoms with E-state index in [1.165, 1.54) is 0 Å². The second kappa shape index (κ2) is 4.96. The Morgan fingerprint density at radius 1 is 1.40 bits per heavy atom. The second-order valence-electron chi connectivity index (χ2n) is 6.22. The number of ether oxygens (including phenoxy) is 2. The first-order valence-electron chi connectivity index (χ1n) is 6.80. The van der Waals surface area contributed by atoms with Crippen molar-refractivity contribution >= 4 is 11.9 Å². The van der Waals surface area contributed by atoms with Crippen LogP contribution in [0.25, 0.3) is 0 Å². The molecule has 110 valence electrons. The molecule has 0 aromatic rings. The molecule has 1 unspecified atom stereocenters. The van der Waals surface area contributed by atoms with Crippen LogP contribution in [0.15, 0.2) is 22.7 Å². The van der Waals surface area contributed by atoms with Gasteiger partial charge in [-0.1, -0.05) is 20.8 Å². The molecule has 20 heavy (non-hydrogen) atoms. The standard InChI is InChI=1S/C15H20O5/c1-5-19-13(17)10-7-8(15(2,3)4)6-9-11(16)14(18)20-12(9)10/h8,16H,5-7H2,1-4H3. The number of carbonyl (C=O) groups is 2. The first-order chi connectivity index (χ1) is 9.25. The van der Waals surface area contributed by atoms with Gasteiger partial charge in [0.1, 0.15) is 5.76 Å². The average Bonchev–Trinajstić information content (AvgIpc) is 2.64. The average molecular weight is 280 g/mol. The van der Waals surface area contributed by atoms with Crippen LogP contribution < -0.4 is 0 Å². The summed E-state index contributed by atoms with van der Waals surface area (Å²) in [7, 11) is 0. The van der Waals surface area contributed by atoms with Gasteiger partial charge in [-0.25, -0.2) is 9.59 Å². The summed E-state index contributed by atoms with van der Waals surface area (Å²) in [4.78, 5) is 23.6. The highest BCUT2D eigenvalue weighted by atomic mass is 16.6. The van der Waals surface area contributed by atoms with Crippen LogP contribution in [0.2, 0.25) is 0 Å². The normalized spacial score (nSPS) is 22.8. The number of hydrogen-bond donors (Lipinski definition) is 1. The lowest BCUT2D eigenvalue weighted by Crippen LogP contribution is -2.28. The Bertz CT molecular complexity index is 519. The van der Waals surface area contributed by atoms with Gasteiger partial charge in [0.15, 0.2) is 0 Å². The Balaban J connectivity index is 2.46. The Kier molecular flexibility index (Phi) is 3.63. The predicted octanol–water partition coefficient (Wildman–Crippen LogP) is 2.63. The van der Waals surface area contributed by atoms with E-state index in [2.05, 4.69) is 20.8 Å². The summed E-state index contributed by atoms with van der Waals surface area (Å²) in [5.74, 6) is -1.30. The minimum absolute atomic E-state index is 0.0534. The van der Waals surface area contributed by atoms with Crippen molar-refractivity contribution in [1.29, 1.82) is 0 Å². The number of fused-ring (bicyclic) bond motifs is 1. The van der Waals surface area contributed by atoms with E-state index in [9.17, 15) is 14.7 Å². The van der Waals surface area contributed by atoms with Crippen LogP contribution in [-0.4, -0.2) is 23.7 Å². The van der Waals surface area contributed by atoms with Gasteiger partial charge in [-0.3, -0.25) is 0 Å². The molecule has 5 heteroatoms. The SMILES string of the molecule is CCOC(=O)C1=C2OC(=O)C(O)=C2CC(C(C)(C)C)C1. The minimum Gasteiger partial charge on any atom is -0.502 e. The third-order valence-electron chi connectivity index (χ3n) is 3.87. The van der Waals surface area contributed by atoms with Crippen LogP contribution in [0.5, 0.6) is 0 Å². The monoisotopic (exact) mass is 280 g/mol. The van der Waals surface area contributed by atoms with Crippen LogP contribution in [0.4, 0.5) is 0 Å². The van der Waals surface area contributed by atoms with Crippen molar-refractivity contribution in [2.45, 2.75) is 40.5 Å². The molecule has 0 spiro atoms. The van der Waals surface area contributed by atoms with E-state index in [-0.39, 0.29) is 29.5 Å². The van der Waals surface area contributed by atoms with Gasteiger partial charge in [0.2, 0.25) is 5.76 Å². The highest BCUT2D eigenvalue weighted by Crippen LogP contribution is 2.46. The van der Waals surface area contributed by atoms with Crippen LogP contribution in [-0.2, 0) is 19.1 Å². The predicted molar refractivity (Wildman–Crippen MR) is 71.6 cm³/mol. The number of carbonyl (C=O) groups excluding carboxylic acids is 2. The fourth-order valence-corrected chi connectivity index (χ4v) is 2.53. The van der Waals surface area contributed by atoms with E-state index in [0.717, 1.165) is 0 Å². The highest BCUT2D eigenvalue weighted by Gasteiger charge is 2.42. The van der Waals surface area contributed by atoms with Crippen LogP contribution in [0, 0.1) is 11.3 Å². The van der Waals surface area contributed by atoms with Gasteiger partial charge in [0, 0.05) is 5.57 Å². The largest absolute Gasteiger partial charge is 0.502 e. The Morgan fingerprint density at radius 2 is 2.05 bits per heavy atom. The molecule has 0 saturated heterocycles. The highest BCUT2D eigenvalue weighted by molar-refractivity contribution is 5.97. The number of esters is 2. The molecule has 0 bridgehead atoms. The topological polar surface area (TPSA) is 72.8 Å². The van der Waals surface area contributed by atoms with Crippen molar-refractivity contribution in [3.05, 3.63) is 22.7 Å².